The number of nitrogens with one attached hydrogen (secondary N) is 1. The molecule has 2 N–H and O–H groups in total. The van der Waals surface area contributed by atoms with Crippen molar-refractivity contribution >= 4 is 39.1 Å². The van der Waals surface area contributed by atoms with Crippen molar-refractivity contribution in [3.63, 3.8) is 0 Å². The van der Waals surface area contributed by atoms with Crippen LogP contribution in [0.2, 0.25) is 5.02 Å². The lowest BCUT2D eigenvalue weighted by Gasteiger charge is -2.15. The highest BCUT2D eigenvalue weighted by Crippen LogP contribution is 2.35. The molecule has 21 heavy (non-hydrogen) atoms. The van der Waals surface area contributed by atoms with Gasteiger partial charge in [-0.05, 0) is 41.5 Å². The lowest BCUT2D eigenvalue weighted by molar-refractivity contribution is -0.115. The highest BCUT2D eigenvalue weighted by Gasteiger charge is 2.23. The van der Waals surface area contributed by atoms with Gasteiger partial charge in [-0.2, -0.15) is 0 Å². The van der Waals surface area contributed by atoms with Crippen molar-refractivity contribution in [2.75, 3.05) is 5.32 Å². The predicted octanol–water partition coefficient (Wildman–Crippen LogP) is 3.82. The largest absolute Gasteiger partial charge is 0.384 e. The number of hydrogen-bond donors (Lipinski definition) is 2. The third-order valence-electron chi connectivity index (χ3n) is 3.34. The molecule has 0 radical (unpaired) electrons. The van der Waals surface area contributed by atoms with Gasteiger partial charge >= 0.3 is 0 Å². The Kier molecular flexibility index (Phi) is 3.73. The Morgan fingerprint density at radius 1 is 1.29 bits per heavy atom. The van der Waals surface area contributed by atoms with Crippen LogP contribution in [0.15, 0.2) is 34.8 Å². The molecule has 0 saturated carbocycles. The number of hydrogen-bond acceptors (Lipinski definition) is 2. The van der Waals surface area contributed by atoms with Crippen molar-refractivity contribution in [1.29, 1.82) is 0 Å². The molecule has 1 atom stereocenters. The first kappa shape index (κ1) is 14.5. The average molecular weight is 371 g/mol. The van der Waals surface area contributed by atoms with Crippen molar-refractivity contribution < 1.29 is 14.3 Å². The van der Waals surface area contributed by atoms with Crippen LogP contribution in [-0.4, -0.2) is 11.0 Å². The zero-order valence-electron chi connectivity index (χ0n) is 10.7. The number of benzene rings is 2. The summed E-state index contributed by atoms with van der Waals surface area (Å²) in [6, 6.07) is 7.47. The SMILES string of the molecule is O=C1Cc2cc(C(O)c3cc(F)cc(Br)c3)c(Cl)cc2N1. The molecule has 1 heterocycles. The average Bonchev–Trinajstić information content (AvgIpc) is 2.75. The standard InChI is InChI=1S/C15H10BrClFNO2/c16-9-1-8(2-10(18)5-9)15(21)11-3-7-4-14(20)19-13(7)6-12(11)17/h1-3,5-6,15,21H,4H2,(H,19,20). The molecule has 1 unspecified atom stereocenters. The summed E-state index contributed by atoms with van der Waals surface area (Å²) in [7, 11) is 0. The molecule has 1 amide bonds. The van der Waals surface area contributed by atoms with Gasteiger partial charge in [0.25, 0.3) is 0 Å². The first-order valence-electron chi connectivity index (χ1n) is 6.20. The number of fused-ring (bicyclic) bond motifs is 1. The molecule has 1 aliphatic heterocycles. The highest BCUT2D eigenvalue weighted by molar-refractivity contribution is 9.10. The number of aliphatic hydroxyl groups excluding tert-OH is 1. The van der Waals surface area contributed by atoms with E-state index in [2.05, 4.69) is 21.2 Å². The minimum Gasteiger partial charge on any atom is -0.384 e. The van der Waals surface area contributed by atoms with Gasteiger partial charge in [0.15, 0.2) is 0 Å². The quantitative estimate of drug-likeness (QED) is 0.844. The Hall–Kier alpha value is -1.43. The number of anilines is 1. The number of carbonyl (C=O) groups is 1. The third kappa shape index (κ3) is 2.81. The molecule has 3 nitrogen and oxygen atoms in total. The summed E-state index contributed by atoms with van der Waals surface area (Å²) in [6.07, 6.45) is -0.815. The van der Waals surface area contributed by atoms with E-state index >= 15 is 0 Å². The van der Waals surface area contributed by atoms with Gasteiger partial charge in [-0.15, -0.1) is 0 Å². The van der Waals surface area contributed by atoms with E-state index in [4.69, 9.17) is 11.6 Å². The normalized spacial score (nSPS) is 14.8. The van der Waals surface area contributed by atoms with Crippen LogP contribution in [0.4, 0.5) is 10.1 Å². The highest BCUT2D eigenvalue weighted by atomic mass is 79.9. The zero-order chi connectivity index (χ0) is 15.1. The number of aliphatic hydroxyl groups is 1. The fourth-order valence-corrected chi connectivity index (χ4v) is 3.14. The maximum absolute atomic E-state index is 13.4. The van der Waals surface area contributed by atoms with Gasteiger partial charge in [-0.3, -0.25) is 4.79 Å². The Labute approximate surface area is 133 Å². The van der Waals surface area contributed by atoms with Crippen LogP contribution >= 0.6 is 27.5 Å². The summed E-state index contributed by atoms with van der Waals surface area (Å²) < 4.78 is 14.0. The molecule has 2 aromatic carbocycles. The maximum atomic E-state index is 13.4. The molecule has 2 aromatic rings. The number of rotatable bonds is 2. The van der Waals surface area contributed by atoms with E-state index in [1.807, 2.05) is 0 Å². The molecule has 6 heteroatoms. The van der Waals surface area contributed by atoms with Gasteiger partial charge in [0.1, 0.15) is 11.9 Å². The number of amides is 1. The minimum atomic E-state index is -1.06. The molecule has 0 saturated heterocycles. The lowest BCUT2D eigenvalue weighted by Crippen LogP contribution is -2.03. The van der Waals surface area contributed by atoms with Crippen molar-refractivity contribution in [2.24, 2.45) is 0 Å². The Morgan fingerprint density at radius 3 is 2.76 bits per heavy atom. The Balaban J connectivity index is 2.04. The van der Waals surface area contributed by atoms with Crippen LogP contribution in [0.25, 0.3) is 0 Å². The molecule has 3 rings (SSSR count). The van der Waals surface area contributed by atoms with Gasteiger partial charge in [-0.25, -0.2) is 4.39 Å². The van der Waals surface area contributed by atoms with Crippen LogP contribution in [0.5, 0.6) is 0 Å². The van der Waals surface area contributed by atoms with E-state index < -0.39 is 11.9 Å². The summed E-state index contributed by atoms with van der Waals surface area (Å²) in [6.45, 7) is 0. The summed E-state index contributed by atoms with van der Waals surface area (Å²) in [5.74, 6) is -0.561. The second-order valence-electron chi connectivity index (χ2n) is 4.86. The van der Waals surface area contributed by atoms with E-state index in [1.54, 1.807) is 18.2 Å². The molecular weight excluding hydrogens is 361 g/mol. The fourth-order valence-electron chi connectivity index (χ4n) is 2.39. The van der Waals surface area contributed by atoms with Gasteiger partial charge < -0.3 is 10.4 Å². The first-order chi connectivity index (χ1) is 9.94. The maximum Gasteiger partial charge on any atom is 0.228 e. The van der Waals surface area contributed by atoms with Gasteiger partial charge in [0, 0.05) is 20.7 Å². The predicted molar refractivity (Wildman–Crippen MR) is 81.9 cm³/mol. The number of halogens is 3. The van der Waals surface area contributed by atoms with E-state index in [-0.39, 0.29) is 12.3 Å². The number of carbonyl (C=O) groups excluding carboxylic acids is 1. The smallest absolute Gasteiger partial charge is 0.228 e. The monoisotopic (exact) mass is 369 g/mol. The Bertz CT molecular complexity index is 730. The lowest BCUT2D eigenvalue weighted by atomic mass is 9.98. The second-order valence-corrected chi connectivity index (χ2v) is 6.18. The van der Waals surface area contributed by atoms with Gasteiger partial charge in [0.05, 0.1) is 6.42 Å². The molecule has 0 spiro atoms. The van der Waals surface area contributed by atoms with Crippen LogP contribution in [0.1, 0.15) is 22.8 Å². The molecule has 0 bridgehead atoms. The van der Waals surface area contributed by atoms with Gasteiger partial charge in [0.2, 0.25) is 5.91 Å². The van der Waals surface area contributed by atoms with Crippen molar-refractivity contribution in [3.8, 4) is 0 Å². The van der Waals surface area contributed by atoms with Crippen LogP contribution in [-0.2, 0) is 11.2 Å². The topological polar surface area (TPSA) is 49.3 Å². The van der Waals surface area contributed by atoms with Crippen molar-refractivity contribution in [1.82, 2.24) is 0 Å². The van der Waals surface area contributed by atoms with Crippen LogP contribution in [0, 0.1) is 5.82 Å². The fraction of sp³-hybridized carbons (Fsp3) is 0.133. The first-order valence-corrected chi connectivity index (χ1v) is 7.37. The van der Waals surface area contributed by atoms with E-state index in [0.29, 0.717) is 26.3 Å². The summed E-state index contributed by atoms with van der Waals surface area (Å²) in [5, 5.41) is 13.5. The summed E-state index contributed by atoms with van der Waals surface area (Å²) in [5.41, 5.74) is 2.26. The minimum absolute atomic E-state index is 0.110. The van der Waals surface area contributed by atoms with E-state index in [9.17, 15) is 14.3 Å². The van der Waals surface area contributed by atoms with Crippen molar-refractivity contribution in [3.05, 3.63) is 62.3 Å². The summed E-state index contributed by atoms with van der Waals surface area (Å²) >= 11 is 9.35. The second kappa shape index (κ2) is 5.40. The Morgan fingerprint density at radius 2 is 2.05 bits per heavy atom. The molecule has 0 aromatic heterocycles. The molecular formula is C15H10BrClFNO2. The third-order valence-corrected chi connectivity index (χ3v) is 4.13. The zero-order valence-corrected chi connectivity index (χ0v) is 13.0. The van der Waals surface area contributed by atoms with E-state index in [0.717, 1.165) is 5.56 Å². The molecule has 108 valence electrons. The molecule has 1 aliphatic rings. The van der Waals surface area contributed by atoms with E-state index in [1.165, 1.54) is 12.1 Å². The van der Waals surface area contributed by atoms with Crippen LogP contribution < -0.4 is 5.32 Å². The molecule has 0 aliphatic carbocycles. The summed E-state index contributed by atoms with van der Waals surface area (Å²) in [4.78, 5) is 11.4. The van der Waals surface area contributed by atoms with Crippen LogP contribution in [0.3, 0.4) is 0 Å². The molecule has 0 fully saturated rings. The van der Waals surface area contributed by atoms with Gasteiger partial charge in [-0.1, -0.05) is 27.5 Å². The van der Waals surface area contributed by atoms with Crippen molar-refractivity contribution in [2.45, 2.75) is 12.5 Å².